The van der Waals surface area contributed by atoms with Crippen molar-refractivity contribution in [2.75, 3.05) is 5.32 Å². The molecule has 24 heavy (non-hydrogen) atoms. The van der Waals surface area contributed by atoms with Crippen molar-refractivity contribution in [1.82, 2.24) is 0 Å². The maximum Gasteiger partial charge on any atom is 0.336 e. The predicted molar refractivity (Wildman–Crippen MR) is 95.4 cm³/mol. The van der Waals surface area contributed by atoms with E-state index < -0.39 is 0 Å². The molecule has 3 aromatic rings. The van der Waals surface area contributed by atoms with E-state index in [-0.39, 0.29) is 11.4 Å². The highest BCUT2D eigenvalue weighted by Crippen LogP contribution is 2.21. The third-order valence-corrected chi connectivity index (χ3v) is 3.70. The SMILES string of the molecule is C/C(=C/C(=O)c1ccccc1)Nc1ccc2c(C)cc(=O)oc2c1. The molecule has 0 radical (unpaired) electrons. The largest absolute Gasteiger partial charge is 0.423 e. The van der Waals surface area contributed by atoms with Gasteiger partial charge in [-0.3, -0.25) is 4.79 Å². The van der Waals surface area contributed by atoms with Gasteiger partial charge in [0.2, 0.25) is 0 Å². The molecule has 0 saturated heterocycles. The van der Waals surface area contributed by atoms with E-state index in [4.69, 9.17) is 4.42 Å². The van der Waals surface area contributed by atoms with E-state index in [1.807, 2.05) is 44.2 Å². The summed E-state index contributed by atoms with van der Waals surface area (Å²) in [6.07, 6.45) is 1.55. The third-order valence-electron chi connectivity index (χ3n) is 3.70. The van der Waals surface area contributed by atoms with E-state index in [1.165, 1.54) is 6.07 Å². The second kappa shape index (κ2) is 6.54. The molecular weight excluding hydrogens is 302 g/mol. The van der Waals surface area contributed by atoms with Gasteiger partial charge in [0.1, 0.15) is 5.58 Å². The van der Waals surface area contributed by atoms with Crippen molar-refractivity contribution in [2.24, 2.45) is 0 Å². The third kappa shape index (κ3) is 3.43. The van der Waals surface area contributed by atoms with Crippen molar-refractivity contribution in [2.45, 2.75) is 13.8 Å². The van der Waals surface area contributed by atoms with Crippen LogP contribution in [0.25, 0.3) is 11.0 Å². The number of carbonyl (C=O) groups is 1. The summed E-state index contributed by atoms with van der Waals surface area (Å²) in [5, 5.41) is 4.04. The molecule has 0 aliphatic carbocycles. The van der Waals surface area contributed by atoms with E-state index in [0.29, 0.717) is 16.8 Å². The number of allylic oxidation sites excluding steroid dienone is 2. The number of carbonyl (C=O) groups excluding carboxylic acids is 1. The summed E-state index contributed by atoms with van der Waals surface area (Å²) in [5.74, 6) is -0.0660. The molecule has 0 unspecified atom stereocenters. The number of ketones is 1. The van der Waals surface area contributed by atoms with Gasteiger partial charge in [0, 0.05) is 40.5 Å². The lowest BCUT2D eigenvalue weighted by Gasteiger charge is -2.08. The summed E-state index contributed by atoms with van der Waals surface area (Å²) < 4.78 is 5.23. The van der Waals surface area contributed by atoms with Crippen LogP contribution in [-0.2, 0) is 0 Å². The summed E-state index contributed by atoms with van der Waals surface area (Å²) in [5.41, 5.74) is 3.12. The van der Waals surface area contributed by atoms with Crippen LogP contribution in [0, 0.1) is 6.92 Å². The van der Waals surface area contributed by atoms with Crippen molar-refractivity contribution in [1.29, 1.82) is 0 Å². The number of rotatable bonds is 4. The van der Waals surface area contributed by atoms with Gasteiger partial charge < -0.3 is 9.73 Å². The topological polar surface area (TPSA) is 59.3 Å². The minimum atomic E-state index is -0.372. The molecule has 1 heterocycles. The van der Waals surface area contributed by atoms with Crippen LogP contribution in [0.2, 0.25) is 0 Å². The molecule has 1 aromatic heterocycles. The Morgan fingerprint density at radius 1 is 1.08 bits per heavy atom. The molecule has 0 saturated carbocycles. The van der Waals surface area contributed by atoms with E-state index in [2.05, 4.69) is 5.32 Å². The van der Waals surface area contributed by atoms with E-state index >= 15 is 0 Å². The number of nitrogens with one attached hydrogen (secondary N) is 1. The maximum atomic E-state index is 12.2. The van der Waals surface area contributed by atoms with Crippen molar-refractivity contribution in [3.8, 4) is 0 Å². The quantitative estimate of drug-likeness (QED) is 0.442. The highest BCUT2D eigenvalue weighted by atomic mass is 16.4. The summed E-state index contributed by atoms with van der Waals surface area (Å²) >= 11 is 0. The first-order chi connectivity index (χ1) is 11.5. The second-order valence-electron chi connectivity index (χ2n) is 5.64. The Kier molecular flexibility index (Phi) is 4.29. The van der Waals surface area contributed by atoms with Gasteiger partial charge in [-0.15, -0.1) is 0 Å². The average Bonchev–Trinajstić information content (AvgIpc) is 2.55. The van der Waals surface area contributed by atoms with Gasteiger partial charge in [-0.1, -0.05) is 30.3 Å². The number of hydrogen-bond donors (Lipinski definition) is 1. The van der Waals surface area contributed by atoms with Crippen molar-refractivity contribution < 1.29 is 9.21 Å². The van der Waals surface area contributed by atoms with Gasteiger partial charge in [-0.05, 0) is 31.5 Å². The number of hydrogen-bond acceptors (Lipinski definition) is 4. The normalized spacial score (nSPS) is 11.5. The van der Waals surface area contributed by atoms with Crippen molar-refractivity contribution >= 4 is 22.4 Å². The fraction of sp³-hybridized carbons (Fsp3) is 0.100. The smallest absolute Gasteiger partial charge is 0.336 e. The fourth-order valence-corrected chi connectivity index (χ4v) is 2.55. The average molecular weight is 319 g/mol. The van der Waals surface area contributed by atoms with Crippen LogP contribution in [0.3, 0.4) is 0 Å². The highest BCUT2D eigenvalue weighted by Gasteiger charge is 2.05. The number of benzene rings is 2. The van der Waals surface area contributed by atoms with Crippen LogP contribution in [0.4, 0.5) is 5.69 Å². The standard InChI is InChI=1S/C20H17NO3/c1-13-10-20(23)24-19-12-16(8-9-17(13)19)21-14(2)11-18(22)15-6-4-3-5-7-15/h3-12,21H,1-2H3/b14-11-. The summed E-state index contributed by atoms with van der Waals surface area (Å²) in [6.45, 7) is 3.69. The summed E-state index contributed by atoms with van der Waals surface area (Å²) in [6, 6.07) is 16.1. The van der Waals surface area contributed by atoms with Gasteiger partial charge in [0.05, 0.1) is 0 Å². The monoisotopic (exact) mass is 319 g/mol. The minimum Gasteiger partial charge on any atom is -0.423 e. The molecular formula is C20H17NO3. The number of anilines is 1. The first kappa shape index (κ1) is 15.7. The zero-order chi connectivity index (χ0) is 17.1. The van der Waals surface area contributed by atoms with Gasteiger partial charge in [-0.25, -0.2) is 4.79 Å². The lowest BCUT2D eigenvalue weighted by atomic mass is 10.1. The van der Waals surface area contributed by atoms with E-state index in [9.17, 15) is 9.59 Å². The van der Waals surface area contributed by atoms with Crippen LogP contribution in [0.5, 0.6) is 0 Å². The molecule has 3 rings (SSSR count). The summed E-state index contributed by atoms with van der Waals surface area (Å²) in [4.78, 5) is 23.7. The van der Waals surface area contributed by atoms with E-state index in [1.54, 1.807) is 24.3 Å². The Morgan fingerprint density at radius 2 is 1.83 bits per heavy atom. The molecule has 0 fully saturated rings. The summed E-state index contributed by atoms with van der Waals surface area (Å²) in [7, 11) is 0. The zero-order valence-corrected chi connectivity index (χ0v) is 13.5. The molecule has 120 valence electrons. The highest BCUT2D eigenvalue weighted by molar-refractivity contribution is 6.05. The first-order valence-electron chi connectivity index (χ1n) is 7.62. The van der Waals surface area contributed by atoms with Crippen LogP contribution in [0.1, 0.15) is 22.8 Å². The zero-order valence-electron chi connectivity index (χ0n) is 13.5. The van der Waals surface area contributed by atoms with Crippen LogP contribution in [0.15, 0.2) is 75.6 Å². The Balaban J connectivity index is 1.85. The Morgan fingerprint density at radius 3 is 2.58 bits per heavy atom. The molecule has 1 N–H and O–H groups in total. The molecule has 0 aliphatic heterocycles. The maximum absolute atomic E-state index is 12.2. The number of fused-ring (bicyclic) bond motifs is 1. The molecule has 0 amide bonds. The molecule has 4 heteroatoms. The van der Waals surface area contributed by atoms with Crippen LogP contribution >= 0.6 is 0 Å². The molecule has 4 nitrogen and oxygen atoms in total. The van der Waals surface area contributed by atoms with Gasteiger partial charge in [-0.2, -0.15) is 0 Å². The second-order valence-corrected chi connectivity index (χ2v) is 5.64. The molecule has 0 bridgehead atoms. The minimum absolute atomic E-state index is 0.0660. The van der Waals surface area contributed by atoms with E-state index in [0.717, 1.165) is 16.6 Å². The van der Waals surface area contributed by atoms with Gasteiger partial charge >= 0.3 is 5.63 Å². The van der Waals surface area contributed by atoms with Gasteiger partial charge in [0.25, 0.3) is 0 Å². The first-order valence-corrected chi connectivity index (χ1v) is 7.62. The lowest BCUT2D eigenvalue weighted by molar-refractivity contribution is 0.104. The van der Waals surface area contributed by atoms with Crippen LogP contribution < -0.4 is 10.9 Å². The molecule has 0 spiro atoms. The molecule has 0 aliphatic rings. The van der Waals surface area contributed by atoms with Gasteiger partial charge in [0.15, 0.2) is 5.78 Å². The predicted octanol–water partition coefficient (Wildman–Crippen LogP) is 4.30. The van der Waals surface area contributed by atoms with Crippen molar-refractivity contribution in [3.05, 3.63) is 87.9 Å². The van der Waals surface area contributed by atoms with Crippen molar-refractivity contribution in [3.63, 3.8) is 0 Å². The number of aryl methyl sites for hydroxylation is 1. The Bertz CT molecular complexity index is 985. The molecule has 0 atom stereocenters. The fourth-order valence-electron chi connectivity index (χ4n) is 2.55. The Labute approximate surface area is 139 Å². The Hall–Kier alpha value is -3.14. The molecule has 2 aromatic carbocycles. The van der Waals surface area contributed by atoms with Crippen LogP contribution in [-0.4, -0.2) is 5.78 Å². The lowest BCUT2D eigenvalue weighted by Crippen LogP contribution is -2.02.